The number of hydrogen-bond acceptors (Lipinski definition) is 4. The van der Waals surface area contributed by atoms with E-state index in [4.69, 9.17) is 5.84 Å². The molecule has 19 heavy (non-hydrogen) atoms. The lowest BCUT2D eigenvalue weighted by molar-refractivity contribution is -0.137. The minimum atomic E-state index is -4.43. The van der Waals surface area contributed by atoms with Crippen molar-refractivity contribution in [3.8, 4) is 0 Å². The Balaban J connectivity index is 3.08. The number of rotatable bonds is 3. The molecule has 1 aromatic heterocycles. The number of nitrogens with one attached hydrogen (secondary N) is 2. The lowest BCUT2D eigenvalue weighted by Gasteiger charge is -2.28. The molecule has 4 nitrogen and oxygen atoms in total. The van der Waals surface area contributed by atoms with Crippen LogP contribution in [0.4, 0.5) is 24.8 Å². The quantitative estimate of drug-likeness (QED) is 0.586. The average molecular weight is 276 g/mol. The number of anilines is 2. The number of pyridine rings is 1. The normalized spacial score (nSPS) is 14.1. The van der Waals surface area contributed by atoms with Crippen LogP contribution in [0.5, 0.6) is 0 Å². The molecule has 0 aliphatic heterocycles. The van der Waals surface area contributed by atoms with Crippen LogP contribution >= 0.6 is 0 Å². The van der Waals surface area contributed by atoms with Crippen LogP contribution in [0.1, 0.15) is 33.3 Å². The van der Waals surface area contributed by atoms with Gasteiger partial charge in [0.05, 0.1) is 5.56 Å². The van der Waals surface area contributed by atoms with Crippen molar-refractivity contribution in [2.45, 2.75) is 39.9 Å². The Morgan fingerprint density at radius 2 is 1.68 bits per heavy atom. The van der Waals surface area contributed by atoms with E-state index in [2.05, 4.69) is 15.7 Å². The molecule has 1 rings (SSSR count). The molecule has 0 amide bonds. The van der Waals surface area contributed by atoms with Crippen LogP contribution in [0.25, 0.3) is 0 Å². The third kappa shape index (κ3) is 4.27. The van der Waals surface area contributed by atoms with Crippen LogP contribution in [0.2, 0.25) is 0 Å². The second kappa shape index (κ2) is 5.24. The lowest BCUT2D eigenvalue weighted by Crippen LogP contribution is -2.31. The monoisotopic (exact) mass is 276 g/mol. The zero-order chi connectivity index (χ0) is 14.8. The third-order valence-corrected chi connectivity index (χ3v) is 2.96. The number of hydrogen-bond donors (Lipinski definition) is 3. The topological polar surface area (TPSA) is 63.0 Å². The Morgan fingerprint density at radius 3 is 2.11 bits per heavy atom. The van der Waals surface area contributed by atoms with Crippen molar-refractivity contribution in [2.24, 2.45) is 11.3 Å². The van der Waals surface area contributed by atoms with Crippen molar-refractivity contribution in [2.75, 3.05) is 10.7 Å². The fourth-order valence-corrected chi connectivity index (χ4v) is 1.28. The molecule has 0 radical (unpaired) electrons. The van der Waals surface area contributed by atoms with Crippen LogP contribution in [-0.4, -0.2) is 11.0 Å². The molecule has 0 aliphatic carbocycles. The highest BCUT2D eigenvalue weighted by atomic mass is 19.4. The van der Waals surface area contributed by atoms with E-state index in [-0.39, 0.29) is 23.1 Å². The molecular formula is C12H19F3N4. The van der Waals surface area contributed by atoms with Gasteiger partial charge in [0.25, 0.3) is 0 Å². The Bertz CT molecular complexity index is 438. The van der Waals surface area contributed by atoms with E-state index in [0.717, 1.165) is 12.1 Å². The van der Waals surface area contributed by atoms with E-state index in [0.29, 0.717) is 0 Å². The number of halogens is 3. The molecule has 0 aromatic carbocycles. The first-order chi connectivity index (χ1) is 8.54. The average Bonchev–Trinajstić information content (AvgIpc) is 2.26. The van der Waals surface area contributed by atoms with Gasteiger partial charge in [0, 0.05) is 6.04 Å². The number of nitrogen functional groups attached to an aromatic ring is 1. The van der Waals surface area contributed by atoms with Gasteiger partial charge in [-0.15, -0.1) is 0 Å². The summed E-state index contributed by atoms with van der Waals surface area (Å²) in [5.74, 6) is 5.25. The minimum absolute atomic E-state index is 0.0292. The first-order valence-corrected chi connectivity index (χ1v) is 5.86. The Morgan fingerprint density at radius 1 is 1.16 bits per heavy atom. The molecule has 1 heterocycles. The summed E-state index contributed by atoms with van der Waals surface area (Å²) in [5.41, 5.74) is 1.24. The Hall–Kier alpha value is -1.50. The van der Waals surface area contributed by atoms with Crippen LogP contribution in [0, 0.1) is 5.41 Å². The van der Waals surface area contributed by atoms with E-state index in [1.807, 2.05) is 27.7 Å². The van der Waals surface area contributed by atoms with Gasteiger partial charge in [-0.1, -0.05) is 20.8 Å². The Kier molecular flexibility index (Phi) is 4.29. The molecule has 4 N–H and O–H groups in total. The first-order valence-electron chi connectivity index (χ1n) is 5.86. The second-order valence-corrected chi connectivity index (χ2v) is 5.50. The van der Waals surface area contributed by atoms with E-state index in [1.165, 1.54) is 0 Å². The predicted molar refractivity (Wildman–Crippen MR) is 69.6 cm³/mol. The van der Waals surface area contributed by atoms with Crippen LogP contribution in [0.15, 0.2) is 12.1 Å². The van der Waals surface area contributed by atoms with Crippen molar-refractivity contribution in [3.05, 3.63) is 17.7 Å². The van der Waals surface area contributed by atoms with Crippen molar-refractivity contribution in [1.29, 1.82) is 0 Å². The maximum atomic E-state index is 12.7. The number of aromatic nitrogens is 1. The number of hydrazine groups is 1. The second-order valence-electron chi connectivity index (χ2n) is 5.50. The zero-order valence-electron chi connectivity index (χ0n) is 11.4. The van der Waals surface area contributed by atoms with Crippen molar-refractivity contribution < 1.29 is 13.2 Å². The highest BCUT2D eigenvalue weighted by Gasteiger charge is 2.32. The molecule has 1 atom stereocenters. The van der Waals surface area contributed by atoms with Gasteiger partial charge >= 0.3 is 6.18 Å². The summed E-state index contributed by atoms with van der Waals surface area (Å²) in [6.45, 7) is 7.85. The summed E-state index contributed by atoms with van der Waals surface area (Å²) in [4.78, 5) is 3.97. The molecule has 1 unspecified atom stereocenters. The largest absolute Gasteiger partial charge is 0.416 e. The highest BCUT2D eigenvalue weighted by molar-refractivity contribution is 5.49. The van der Waals surface area contributed by atoms with Gasteiger partial charge in [-0.2, -0.15) is 13.2 Å². The predicted octanol–water partition coefficient (Wildman–Crippen LogP) is 3.23. The van der Waals surface area contributed by atoms with Gasteiger partial charge < -0.3 is 10.7 Å². The number of alkyl halides is 3. The summed E-state index contributed by atoms with van der Waals surface area (Å²) in [7, 11) is 0. The molecule has 0 saturated heterocycles. The van der Waals surface area contributed by atoms with Crippen molar-refractivity contribution >= 4 is 11.6 Å². The van der Waals surface area contributed by atoms with E-state index >= 15 is 0 Å². The third-order valence-electron chi connectivity index (χ3n) is 2.96. The smallest absolute Gasteiger partial charge is 0.367 e. The summed E-state index contributed by atoms with van der Waals surface area (Å²) in [6, 6.07) is 1.80. The summed E-state index contributed by atoms with van der Waals surface area (Å²) >= 11 is 0. The van der Waals surface area contributed by atoms with Crippen molar-refractivity contribution in [1.82, 2.24) is 4.98 Å². The van der Waals surface area contributed by atoms with E-state index in [1.54, 1.807) is 0 Å². The molecule has 0 bridgehead atoms. The van der Waals surface area contributed by atoms with Gasteiger partial charge in [0.15, 0.2) is 0 Å². The van der Waals surface area contributed by atoms with Gasteiger partial charge in [-0.3, -0.25) is 0 Å². The highest BCUT2D eigenvalue weighted by Crippen LogP contribution is 2.32. The van der Waals surface area contributed by atoms with E-state index < -0.39 is 11.7 Å². The fraction of sp³-hybridized carbons (Fsp3) is 0.583. The molecule has 108 valence electrons. The maximum absolute atomic E-state index is 12.7. The minimum Gasteiger partial charge on any atom is -0.367 e. The van der Waals surface area contributed by atoms with Gasteiger partial charge in [0.1, 0.15) is 11.6 Å². The van der Waals surface area contributed by atoms with Crippen LogP contribution in [0.3, 0.4) is 0 Å². The lowest BCUT2D eigenvalue weighted by atomic mass is 9.88. The first kappa shape index (κ1) is 15.6. The van der Waals surface area contributed by atoms with Crippen molar-refractivity contribution in [3.63, 3.8) is 0 Å². The van der Waals surface area contributed by atoms with Crippen LogP contribution in [-0.2, 0) is 6.18 Å². The molecule has 1 aromatic rings. The van der Waals surface area contributed by atoms with E-state index in [9.17, 15) is 13.2 Å². The molecule has 0 saturated carbocycles. The molecule has 7 heteroatoms. The summed E-state index contributed by atoms with van der Waals surface area (Å²) < 4.78 is 38.2. The van der Waals surface area contributed by atoms with Gasteiger partial charge in [0.2, 0.25) is 0 Å². The van der Waals surface area contributed by atoms with Gasteiger partial charge in [-0.25, -0.2) is 10.8 Å². The Labute approximate surface area is 110 Å². The molecule has 0 fully saturated rings. The SMILES string of the molecule is CC(Nc1cc(C(F)(F)F)cc(NN)n1)C(C)(C)C. The maximum Gasteiger partial charge on any atom is 0.416 e. The fourth-order valence-electron chi connectivity index (χ4n) is 1.28. The number of nitrogens with two attached hydrogens (primary N) is 1. The molecule has 0 aliphatic rings. The zero-order valence-corrected chi connectivity index (χ0v) is 11.4. The molecular weight excluding hydrogens is 257 g/mol. The van der Waals surface area contributed by atoms with Crippen LogP contribution < -0.4 is 16.6 Å². The standard InChI is InChI=1S/C12H19F3N4/c1-7(11(2,3)4)17-9-5-8(12(13,14)15)6-10(18-9)19-16/h5-7H,16H2,1-4H3,(H2,17,18,19). The molecule has 0 spiro atoms. The summed E-state index contributed by atoms with van der Waals surface area (Å²) in [6.07, 6.45) is -4.43. The number of nitrogens with zero attached hydrogens (tertiary/aromatic N) is 1. The van der Waals surface area contributed by atoms with Gasteiger partial charge in [-0.05, 0) is 24.5 Å². The summed E-state index contributed by atoms with van der Waals surface area (Å²) in [5, 5.41) is 2.96.